The van der Waals surface area contributed by atoms with Crippen molar-refractivity contribution in [1.82, 2.24) is 9.97 Å². The van der Waals surface area contributed by atoms with Crippen molar-refractivity contribution in [3.05, 3.63) is 29.7 Å². The summed E-state index contributed by atoms with van der Waals surface area (Å²) in [5, 5.41) is 3.46. The van der Waals surface area contributed by atoms with Crippen molar-refractivity contribution in [1.29, 1.82) is 0 Å². The van der Waals surface area contributed by atoms with Crippen molar-refractivity contribution in [3.63, 3.8) is 0 Å². The number of nitrogens with one attached hydrogen (secondary N) is 1. The van der Waals surface area contributed by atoms with Crippen LogP contribution in [0.3, 0.4) is 0 Å². The third-order valence-electron chi connectivity index (χ3n) is 2.75. The Morgan fingerprint density at radius 2 is 1.94 bits per heavy atom. The zero-order valence-electron chi connectivity index (χ0n) is 10.2. The van der Waals surface area contributed by atoms with Crippen LogP contribution in [0.1, 0.15) is 44.1 Å². The molecule has 1 aromatic rings. The maximum absolute atomic E-state index is 4.55. The van der Waals surface area contributed by atoms with Gasteiger partial charge in [0.25, 0.3) is 0 Å². The van der Waals surface area contributed by atoms with Crippen molar-refractivity contribution in [2.45, 2.75) is 45.6 Å². The highest BCUT2D eigenvalue weighted by molar-refractivity contribution is 5.38. The van der Waals surface area contributed by atoms with Crippen LogP contribution in [-0.4, -0.2) is 16.0 Å². The van der Waals surface area contributed by atoms with E-state index < -0.39 is 0 Å². The van der Waals surface area contributed by atoms with E-state index in [-0.39, 0.29) is 0 Å². The summed E-state index contributed by atoms with van der Waals surface area (Å²) in [5.74, 6) is 2.26. The molecule has 1 aromatic heterocycles. The summed E-state index contributed by atoms with van der Waals surface area (Å²) in [6.07, 6.45) is 6.63. The third kappa shape index (κ3) is 2.60. The lowest BCUT2D eigenvalue weighted by Crippen LogP contribution is -2.17. The molecule has 1 N–H and O–H groups in total. The van der Waals surface area contributed by atoms with Gasteiger partial charge in [0.15, 0.2) is 0 Å². The molecule has 0 aliphatic heterocycles. The van der Waals surface area contributed by atoms with Crippen molar-refractivity contribution in [2.75, 3.05) is 5.32 Å². The van der Waals surface area contributed by atoms with E-state index in [1.165, 1.54) is 0 Å². The number of aromatic nitrogens is 2. The van der Waals surface area contributed by atoms with Crippen LogP contribution in [0.25, 0.3) is 0 Å². The largest absolute Gasteiger partial charge is 0.367 e. The number of rotatable bonds is 3. The lowest BCUT2D eigenvalue weighted by atomic mass is 10.2. The van der Waals surface area contributed by atoms with E-state index in [4.69, 9.17) is 0 Å². The fourth-order valence-corrected chi connectivity index (χ4v) is 1.87. The van der Waals surface area contributed by atoms with E-state index in [0.717, 1.165) is 30.2 Å². The van der Waals surface area contributed by atoms with Crippen LogP contribution in [-0.2, 0) is 0 Å². The molecule has 3 nitrogen and oxygen atoms in total. The van der Waals surface area contributed by atoms with E-state index in [1.54, 1.807) is 0 Å². The Bertz CT molecular complexity index is 388. The summed E-state index contributed by atoms with van der Waals surface area (Å²) >= 11 is 0. The van der Waals surface area contributed by atoms with Crippen molar-refractivity contribution in [2.24, 2.45) is 0 Å². The van der Waals surface area contributed by atoms with Crippen LogP contribution in [0.15, 0.2) is 18.2 Å². The molecule has 0 spiro atoms. The lowest BCUT2D eigenvalue weighted by molar-refractivity contribution is 0.746. The maximum atomic E-state index is 4.55. The quantitative estimate of drug-likeness (QED) is 0.791. The summed E-state index contributed by atoms with van der Waals surface area (Å²) < 4.78 is 0. The molecule has 0 atom stereocenters. The Kier molecular flexibility index (Phi) is 3.22. The van der Waals surface area contributed by atoms with Crippen LogP contribution in [0.2, 0.25) is 0 Å². The molecule has 0 bridgehead atoms. The lowest BCUT2D eigenvalue weighted by Gasteiger charge is -2.14. The van der Waals surface area contributed by atoms with E-state index in [2.05, 4.69) is 41.3 Å². The Balaban J connectivity index is 2.13. The minimum Gasteiger partial charge on any atom is -0.367 e. The highest BCUT2D eigenvalue weighted by Crippen LogP contribution is 2.18. The first-order valence-corrected chi connectivity index (χ1v) is 5.92. The molecule has 86 valence electrons. The maximum Gasteiger partial charge on any atom is 0.133 e. The van der Waals surface area contributed by atoms with Crippen molar-refractivity contribution >= 4 is 5.82 Å². The molecule has 0 radical (unpaired) electrons. The number of nitrogens with zero attached hydrogens (tertiary/aromatic N) is 2. The molecule has 0 saturated heterocycles. The van der Waals surface area contributed by atoms with Gasteiger partial charge in [0, 0.05) is 23.7 Å². The normalized spacial score (nSPS) is 16.0. The Morgan fingerprint density at radius 1 is 1.25 bits per heavy atom. The SMILES string of the molecule is Cc1cc(NC2CC=CC2)nc(C(C)C)n1. The Hall–Kier alpha value is -1.38. The molecule has 0 unspecified atom stereocenters. The van der Waals surface area contributed by atoms with Gasteiger partial charge in [0.2, 0.25) is 0 Å². The first-order valence-electron chi connectivity index (χ1n) is 5.92. The predicted octanol–water partition coefficient (Wildman–Crippen LogP) is 3.04. The van der Waals surface area contributed by atoms with Crippen LogP contribution in [0.4, 0.5) is 5.82 Å². The molecule has 3 heteroatoms. The first-order chi connectivity index (χ1) is 7.65. The topological polar surface area (TPSA) is 37.8 Å². The summed E-state index contributed by atoms with van der Waals surface area (Å²) in [6, 6.07) is 2.53. The van der Waals surface area contributed by atoms with Gasteiger partial charge in [0.05, 0.1) is 0 Å². The van der Waals surface area contributed by atoms with E-state index in [1.807, 2.05) is 13.0 Å². The highest BCUT2D eigenvalue weighted by Gasteiger charge is 2.12. The fourth-order valence-electron chi connectivity index (χ4n) is 1.87. The Morgan fingerprint density at radius 3 is 2.56 bits per heavy atom. The predicted molar refractivity (Wildman–Crippen MR) is 66.6 cm³/mol. The number of hydrogen-bond donors (Lipinski definition) is 1. The van der Waals surface area contributed by atoms with Crippen LogP contribution in [0, 0.1) is 6.92 Å². The zero-order chi connectivity index (χ0) is 11.5. The van der Waals surface area contributed by atoms with Crippen molar-refractivity contribution < 1.29 is 0 Å². The van der Waals surface area contributed by atoms with Gasteiger partial charge in [-0.3, -0.25) is 0 Å². The second kappa shape index (κ2) is 4.64. The van der Waals surface area contributed by atoms with Crippen LogP contribution in [0.5, 0.6) is 0 Å². The summed E-state index contributed by atoms with van der Waals surface area (Å²) in [5.41, 5.74) is 1.03. The summed E-state index contributed by atoms with van der Waals surface area (Å²) in [4.78, 5) is 8.99. The molecule has 0 amide bonds. The second-order valence-corrected chi connectivity index (χ2v) is 4.69. The molecule has 1 aliphatic rings. The molecule has 1 heterocycles. The van der Waals surface area contributed by atoms with E-state index >= 15 is 0 Å². The minimum absolute atomic E-state index is 0.377. The average Bonchev–Trinajstić information content (AvgIpc) is 2.69. The Labute approximate surface area is 97.0 Å². The van der Waals surface area contributed by atoms with Crippen molar-refractivity contribution in [3.8, 4) is 0 Å². The molecular weight excluding hydrogens is 198 g/mol. The van der Waals surface area contributed by atoms with Gasteiger partial charge in [0.1, 0.15) is 11.6 Å². The molecule has 2 rings (SSSR count). The first kappa shape index (κ1) is 11.1. The highest BCUT2D eigenvalue weighted by atomic mass is 15.1. The standard InChI is InChI=1S/C13H19N3/c1-9(2)13-14-10(3)8-12(16-13)15-11-6-4-5-7-11/h4-5,8-9,11H,6-7H2,1-3H3,(H,14,15,16). The summed E-state index contributed by atoms with van der Waals surface area (Å²) in [7, 11) is 0. The molecule has 0 saturated carbocycles. The monoisotopic (exact) mass is 217 g/mol. The molecule has 1 aliphatic carbocycles. The van der Waals surface area contributed by atoms with E-state index in [9.17, 15) is 0 Å². The minimum atomic E-state index is 0.377. The molecular formula is C13H19N3. The van der Waals surface area contributed by atoms with E-state index in [0.29, 0.717) is 12.0 Å². The average molecular weight is 217 g/mol. The summed E-state index contributed by atoms with van der Waals surface area (Å²) in [6.45, 7) is 6.26. The van der Waals surface area contributed by atoms with Gasteiger partial charge in [-0.15, -0.1) is 0 Å². The third-order valence-corrected chi connectivity index (χ3v) is 2.75. The molecule has 0 fully saturated rings. The van der Waals surface area contributed by atoms with Gasteiger partial charge in [-0.2, -0.15) is 0 Å². The zero-order valence-corrected chi connectivity index (χ0v) is 10.2. The van der Waals surface area contributed by atoms with Gasteiger partial charge in [-0.1, -0.05) is 26.0 Å². The van der Waals surface area contributed by atoms with Gasteiger partial charge in [-0.25, -0.2) is 9.97 Å². The number of hydrogen-bond acceptors (Lipinski definition) is 3. The fraction of sp³-hybridized carbons (Fsp3) is 0.538. The smallest absolute Gasteiger partial charge is 0.133 e. The molecule has 0 aromatic carbocycles. The van der Waals surface area contributed by atoms with Crippen LogP contribution < -0.4 is 5.32 Å². The second-order valence-electron chi connectivity index (χ2n) is 4.69. The van der Waals surface area contributed by atoms with Gasteiger partial charge >= 0.3 is 0 Å². The van der Waals surface area contributed by atoms with Crippen LogP contribution >= 0.6 is 0 Å². The number of aryl methyl sites for hydroxylation is 1. The number of anilines is 1. The van der Waals surface area contributed by atoms with Gasteiger partial charge in [-0.05, 0) is 19.8 Å². The molecule has 16 heavy (non-hydrogen) atoms. The van der Waals surface area contributed by atoms with Gasteiger partial charge < -0.3 is 5.32 Å².